The van der Waals surface area contributed by atoms with E-state index < -0.39 is 11.4 Å². The summed E-state index contributed by atoms with van der Waals surface area (Å²) in [7, 11) is 5.02. The first-order valence-electron chi connectivity index (χ1n) is 13.0. The van der Waals surface area contributed by atoms with Gasteiger partial charge in [-0.1, -0.05) is 48.6 Å². The second kappa shape index (κ2) is 12.7. The molecule has 200 valence electrons. The molecule has 0 radical (unpaired) electrons. The molecule has 0 bridgehead atoms. The zero-order chi connectivity index (χ0) is 27.0. The Bertz CT molecular complexity index is 1090. The van der Waals surface area contributed by atoms with Crippen LogP contribution in [0.2, 0.25) is 0 Å². The summed E-state index contributed by atoms with van der Waals surface area (Å²) in [6, 6.07) is 24.8. The molecule has 1 heterocycles. The van der Waals surface area contributed by atoms with E-state index in [4.69, 9.17) is 14.2 Å². The van der Waals surface area contributed by atoms with E-state index in [-0.39, 0.29) is 5.92 Å². The molecule has 6 nitrogen and oxygen atoms in total. The Kier molecular flexibility index (Phi) is 9.08. The molecule has 1 unspecified atom stereocenters. The Morgan fingerprint density at radius 1 is 0.816 bits per heavy atom. The number of rotatable bonds is 11. The normalized spacial score (nSPS) is 16.3. The molecule has 38 heavy (non-hydrogen) atoms. The van der Waals surface area contributed by atoms with Gasteiger partial charge in [0, 0.05) is 18.5 Å². The summed E-state index contributed by atoms with van der Waals surface area (Å²) in [5.74, 6) is 1.44. The number of hydrogen-bond donors (Lipinski definition) is 1. The van der Waals surface area contributed by atoms with Gasteiger partial charge in [0.1, 0.15) is 17.2 Å². The molecule has 0 aromatic heterocycles. The first-order chi connectivity index (χ1) is 18.5. The van der Waals surface area contributed by atoms with Gasteiger partial charge in [0.2, 0.25) is 0 Å². The van der Waals surface area contributed by atoms with Crippen LogP contribution in [0.5, 0.6) is 17.2 Å². The second-order valence-electron chi connectivity index (χ2n) is 9.70. The zero-order valence-electron chi connectivity index (χ0n) is 22.4. The van der Waals surface area contributed by atoms with Crippen LogP contribution in [-0.4, -0.2) is 56.9 Å². The van der Waals surface area contributed by atoms with E-state index >= 15 is 0 Å². The molecule has 0 amide bonds. The van der Waals surface area contributed by atoms with Gasteiger partial charge in [-0.05, 0) is 78.9 Å². The predicted octanol–water partition coefficient (Wildman–Crippen LogP) is 5.79. The lowest BCUT2D eigenvalue weighted by Gasteiger charge is -2.36. The predicted molar refractivity (Wildman–Crippen MR) is 149 cm³/mol. The maximum Gasteiger partial charge on any atom is 0.307 e. The number of carboxylic acid groups (broad SMARTS) is 1. The van der Waals surface area contributed by atoms with E-state index in [0.717, 1.165) is 59.9 Å². The smallest absolute Gasteiger partial charge is 0.307 e. The van der Waals surface area contributed by atoms with Gasteiger partial charge < -0.3 is 19.3 Å². The zero-order valence-corrected chi connectivity index (χ0v) is 22.4. The minimum absolute atomic E-state index is 0.283. The summed E-state index contributed by atoms with van der Waals surface area (Å²) in [5, 5.41) is 9.45. The molecule has 4 rings (SSSR count). The van der Waals surface area contributed by atoms with Crippen molar-refractivity contribution in [1.82, 2.24) is 4.90 Å². The van der Waals surface area contributed by atoms with Gasteiger partial charge >= 0.3 is 5.97 Å². The van der Waals surface area contributed by atoms with Crippen molar-refractivity contribution in [3.63, 3.8) is 0 Å². The highest BCUT2D eigenvalue weighted by molar-refractivity contribution is 5.70. The standard InChI is InChI=1S/C32H37NO5/c1-36-28-14-8-25(9-15-28)32(26-10-16-29(37-2)17-11-26,27-12-18-30(38-3)19-13-27)20-4-5-21-33-22-6-7-24(23-33)31(34)35/h4-5,8-19,24H,6-7,20-23H2,1-3H3,(H,34,35)/b5-4+. The van der Waals surface area contributed by atoms with Gasteiger partial charge in [0.05, 0.1) is 27.2 Å². The lowest BCUT2D eigenvalue weighted by Crippen LogP contribution is -2.38. The van der Waals surface area contributed by atoms with Gasteiger partial charge in [-0.25, -0.2) is 0 Å². The highest BCUT2D eigenvalue weighted by atomic mass is 16.5. The molecular formula is C32H37NO5. The number of aliphatic carboxylic acids is 1. The van der Waals surface area contributed by atoms with E-state index in [1.54, 1.807) is 21.3 Å². The molecule has 1 N–H and O–H groups in total. The van der Waals surface area contributed by atoms with Crippen LogP contribution in [0, 0.1) is 5.92 Å². The fraction of sp³-hybridized carbons (Fsp3) is 0.344. The third-order valence-corrected chi connectivity index (χ3v) is 7.56. The van der Waals surface area contributed by atoms with E-state index in [1.807, 2.05) is 36.4 Å². The Balaban J connectivity index is 1.73. The van der Waals surface area contributed by atoms with Gasteiger partial charge in [0.25, 0.3) is 0 Å². The van der Waals surface area contributed by atoms with Crippen LogP contribution in [0.15, 0.2) is 84.9 Å². The van der Waals surface area contributed by atoms with Gasteiger partial charge in [0.15, 0.2) is 0 Å². The number of allylic oxidation sites excluding steroid dienone is 1. The van der Waals surface area contributed by atoms with Crippen molar-refractivity contribution in [1.29, 1.82) is 0 Å². The number of hydrogen-bond acceptors (Lipinski definition) is 5. The molecular weight excluding hydrogens is 478 g/mol. The van der Waals surface area contributed by atoms with Crippen LogP contribution in [0.25, 0.3) is 0 Å². The Morgan fingerprint density at radius 2 is 1.26 bits per heavy atom. The molecule has 1 fully saturated rings. The highest BCUT2D eigenvalue weighted by Gasteiger charge is 2.35. The van der Waals surface area contributed by atoms with Crippen LogP contribution in [0.3, 0.4) is 0 Å². The lowest BCUT2D eigenvalue weighted by molar-refractivity contribution is -0.143. The Morgan fingerprint density at radius 3 is 1.66 bits per heavy atom. The van der Waals surface area contributed by atoms with E-state index in [9.17, 15) is 9.90 Å². The minimum Gasteiger partial charge on any atom is -0.497 e. The summed E-state index contributed by atoms with van der Waals surface area (Å²) < 4.78 is 16.4. The van der Waals surface area contributed by atoms with Crippen molar-refractivity contribution in [2.24, 2.45) is 5.92 Å². The third-order valence-electron chi connectivity index (χ3n) is 7.56. The Labute approximate surface area is 225 Å². The number of carbonyl (C=O) groups is 1. The SMILES string of the molecule is COc1ccc(C(C/C=C/CN2CCCC(C(=O)O)C2)(c2ccc(OC)cc2)c2ccc(OC)cc2)cc1. The molecule has 1 atom stereocenters. The van der Waals surface area contributed by atoms with Crippen molar-refractivity contribution in [2.75, 3.05) is 41.0 Å². The molecule has 3 aromatic rings. The average Bonchev–Trinajstić information content (AvgIpc) is 2.98. The second-order valence-corrected chi connectivity index (χ2v) is 9.70. The van der Waals surface area contributed by atoms with Crippen LogP contribution < -0.4 is 14.2 Å². The fourth-order valence-electron chi connectivity index (χ4n) is 5.39. The minimum atomic E-state index is -0.698. The number of ether oxygens (including phenoxy) is 3. The maximum atomic E-state index is 11.5. The summed E-state index contributed by atoms with van der Waals surface area (Å²) in [4.78, 5) is 13.7. The molecule has 0 aliphatic carbocycles. The van der Waals surface area contributed by atoms with Crippen LogP contribution in [0.1, 0.15) is 36.0 Å². The molecule has 1 aliphatic rings. The van der Waals surface area contributed by atoms with Crippen LogP contribution in [-0.2, 0) is 10.2 Å². The van der Waals surface area contributed by atoms with Crippen molar-refractivity contribution in [3.05, 3.63) is 102 Å². The van der Waals surface area contributed by atoms with E-state index in [2.05, 4.69) is 53.5 Å². The number of likely N-dealkylation sites (tertiary alicyclic amines) is 1. The van der Waals surface area contributed by atoms with Crippen LogP contribution >= 0.6 is 0 Å². The quantitative estimate of drug-likeness (QED) is 0.258. The number of benzene rings is 3. The number of methoxy groups -OCH3 is 3. The number of piperidine rings is 1. The van der Waals surface area contributed by atoms with Crippen molar-refractivity contribution < 1.29 is 24.1 Å². The first kappa shape index (κ1) is 27.3. The number of carboxylic acids is 1. The maximum absolute atomic E-state index is 11.5. The Hall–Kier alpha value is -3.77. The van der Waals surface area contributed by atoms with Crippen LogP contribution in [0.4, 0.5) is 0 Å². The van der Waals surface area contributed by atoms with Gasteiger partial charge in [-0.15, -0.1) is 0 Å². The van der Waals surface area contributed by atoms with Gasteiger partial charge in [-0.2, -0.15) is 0 Å². The monoisotopic (exact) mass is 515 g/mol. The highest BCUT2D eigenvalue weighted by Crippen LogP contribution is 2.44. The first-order valence-corrected chi connectivity index (χ1v) is 13.0. The largest absolute Gasteiger partial charge is 0.497 e. The fourth-order valence-corrected chi connectivity index (χ4v) is 5.39. The molecule has 6 heteroatoms. The van der Waals surface area contributed by atoms with E-state index in [1.165, 1.54) is 0 Å². The molecule has 0 spiro atoms. The molecule has 0 saturated carbocycles. The van der Waals surface area contributed by atoms with Crippen molar-refractivity contribution in [2.45, 2.75) is 24.7 Å². The summed E-state index contributed by atoms with van der Waals surface area (Å²) in [6.07, 6.45) is 6.79. The summed E-state index contributed by atoms with van der Waals surface area (Å²) in [5.41, 5.74) is 2.94. The number of nitrogens with zero attached hydrogens (tertiary/aromatic N) is 1. The van der Waals surface area contributed by atoms with Gasteiger partial charge in [-0.3, -0.25) is 9.69 Å². The molecule has 3 aromatic carbocycles. The molecule has 1 aliphatic heterocycles. The summed E-state index contributed by atoms with van der Waals surface area (Å²) >= 11 is 0. The lowest BCUT2D eigenvalue weighted by atomic mass is 9.67. The van der Waals surface area contributed by atoms with Crippen molar-refractivity contribution in [3.8, 4) is 17.2 Å². The topological polar surface area (TPSA) is 68.2 Å². The van der Waals surface area contributed by atoms with Crippen molar-refractivity contribution >= 4 is 5.97 Å². The average molecular weight is 516 g/mol. The third kappa shape index (κ3) is 6.03. The summed E-state index contributed by atoms with van der Waals surface area (Å²) in [6.45, 7) is 2.25. The molecule has 1 saturated heterocycles. The van der Waals surface area contributed by atoms with E-state index in [0.29, 0.717) is 13.0 Å².